The fourth-order valence-electron chi connectivity index (χ4n) is 3.07. The number of aryl methyl sites for hydroxylation is 1. The molecule has 0 saturated heterocycles. The van der Waals surface area contributed by atoms with E-state index in [-0.39, 0.29) is 29.9 Å². The summed E-state index contributed by atoms with van der Waals surface area (Å²) in [6.07, 6.45) is 10.5. The number of phenolic OH excluding ortho intramolecular Hbond substituents is 2. The monoisotopic (exact) mass is 448 g/mol. The number of nitrogens with one attached hydrogen (secondary N) is 1. The van der Waals surface area contributed by atoms with Gasteiger partial charge in [-0.2, -0.15) is 0 Å². The average Bonchev–Trinajstić information content (AvgIpc) is 2.72. The van der Waals surface area contributed by atoms with Gasteiger partial charge in [0, 0.05) is 18.0 Å². The molecule has 31 heavy (non-hydrogen) atoms. The number of allylic oxidation sites excluding steroid dienone is 4. The van der Waals surface area contributed by atoms with Crippen LogP contribution in [0.3, 0.4) is 0 Å². The van der Waals surface area contributed by atoms with Gasteiger partial charge < -0.3 is 15.9 Å². The van der Waals surface area contributed by atoms with Gasteiger partial charge in [-0.25, -0.2) is 0 Å². The second-order valence-corrected chi connectivity index (χ2v) is 9.26. The summed E-state index contributed by atoms with van der Waals surface area (Å²) in [6, 6.07) is 1.73. The van der Waals surface area contributed by atoms with Gasteiger partial charge in [0.25, 0.3) is 0 Å². The molecular formula is C25H40N2O3S. The number of hydrogen-bond donors (Lipinski definition) is 4. The third kappa shape index (κ3) is 9.40. The molecule has 1 unspecified atom stereocenters. The molecule has 174 valence electrons. The summed E-state index contributed by atoms with van der Waals surface area (Å²) in [5.41, 5.74) is 9.43. The summed E-state index contributed by atoms with van der Waals surface area (Å²) in [4.78, 5) is 12.8. The Morgan fingerprint density at radius 2 is 1.94 bits per heavy atom. The number of aromatic hydroxyl groups is 2. The van der Waals surface area contributed by atoms with E-state index in [0.29, 0.717) is 16.9 Å². The third-order valence-corrected chi connectivity index (χ3v) is 6.23. The molecule has 1 rings (SSSR count). The molecule has 0 spiro atoms. The molecule has 0 aliphatic heterocycles. The highest BCUT2D eigenvalue weighted by Gasteiger charge is 2.19. The predicted molar refractivity (Wildman–Crippen MR) is 131 cm³/mol. The van der Waals surface area contributed by atoms with E-state index < -0.39 is 0 Å². The number of phenols is 2. The van der Waals surface area contributed by atoms with E-state index in [2.05, 4.69) is 38.5 Å². The van der Waals surface area contributed by atoms with Crippen LogP contribution in [-0.2, 0) is 17.6 Å². The number of rotatable bonds is 13. The van der Waals surface area contributed by atoms with Gasteiger partial charge in [-0.05, 0) is 76.5 Å². The summed E-state index contributed by atoms with van der Waals surface area (Å²) < 4.78 is 2.81. The molecule has 1 aromatic rings. The molecule has 1 amide bonds. The van der Waals surface area contributed by atoms with Crippen molar-refractivity contribution in [2.75, 3.05) is 6.54 Å². The minimum absolute atomic E-state index is 0.0468. The highest BCUT2D eigenvalue weighted by Crippen LogP contribution is 2.40. The number of carbonyl (C=O) groups excluding carboxylic acids is 1. The van der Waals surface area contributed by atoms with Crippen LogP contribution in [0.25, 0.3) is 0 Å². The first-order valence-electron chi connectivity index (χ1n) is 11.2. The highest BCUT2D eigenvalue weighted by molar-refractivity contribution is 7.98. The quantitative estimate of drug-likeness (QED) is 0.174. The van der Waals surface area contributed by atoms with Crippen molar-refractivity contribution in [3.63, 3.8) is 0 Å². The van der Waals surface area contributed by atoms with Gasteiger partial charge in [0.1, 0.15) is 11.5 Å². The molecule has 1 aromatic carbocycles. The van der Waals surface area contributed by atoms with Gasteiger partial charge in [0.2, 0.25) is 5.91 Å². The maximum Gasteiger partial charge on any atom is 0.234 e. The second-order valence-electron chi connectivity index (χ2n) is 8.45. The number of nitrogens with two attached hydrogens (primary N) is 1. The van der Waals surface area contributed by atoms with Crippen molar-refractivity contribution in [3.05, 3.63) is 40.5 Å². The van der Waals surface area contributed by atoms with Crippen molar-refractivity contribution >= 4 is 17.9 Å². The Morgan fingerprint density at radius 3 is 2.55 bits per heavy atom. The summed E-state index contributed by atoms with van der Waals surface area (Å²) in [7, 11) is 0. The van der Waals surface area contributed by atoms with E-state index in [1.54, 1.807) is 13.0 Å². The molecule has 1 atom stereocenters. The lowest BCUT2D eigenvalue weighted by molar-refractivity contribution is -0.122. The molecule has 0 bridgehead atoms. The van der Waals surface area contributed by atoms with Gasteiger partial charge in [0.05, 0.1) is 4.90 Å². The Morgan fingerprint density at radius 1 is 1.23 bits per heavy atom. The summed E-state index contributed by atoms with van der Waals surface area (Å²) in [5, 5.41) is 21.6. The maximum atomic E-state index is 12.2. The van der Waals surface area contributed by atoms with E-state index in [9.17, 15) is 15.0 Å². The zero-order valence-corrected chi connectivity index (χ0v) is 20.6. The number of carbonyl (C=O) groups is 1. The van der Waals surface area contributed by atoms with Gasteiger partial charge in [0.15, 0.2) is 0 Å². The molecule has 0 saturated carbocycles. The van der Waals surface area contributed by atoms with E-state index in [0.717, 1.165) is 56.0 Å². The minimum atomic E-state index is -0.304. The predicted octanol–water partition coefficient (Wildman–Crippen LogP) is 5.78. The van der Waals surface area contributed by atoms with E-state index >= 15 is 0 Å². The lowest BCUT2D eigenvalue weighted by atomic mass is 10.00. The Labute approximate surface area is 192 Å². The zero-order chi connectivity index (χ0) is 23.4. The molecule has 6 heteroatoms. The normalized spacial score (nSPS) is 12.5. The van der Waals surface area contributed by atoms with Crippen LogP contribution < -0.4 is 10.5 Å². The standard InChI is InChI=1S/C25H40N2O3S/c1-6-7-8-12-20-15-22(28)21(14-13-18(4)11-9-10-17(2)3)23(29)24(20)31-27-25(30)19(5)16-26/h10,13,15,19,28-29H,6-9,11-12,14,16,26H2,1-5H3,(H,27,30)/b18-13+. The van der Waals surface area contributed by atoms with Gasteiger partial charge >= 0.3 is 0 Å². The Hall–Kier alpha value is -1.92. The van der Waals surface area contributed by atoms with Gasteiger partial charge in [-0.3, -0.25) is 9.52 Å². The van der Waals surface area contributed by atoms with Crippen LogP contribution >= 0.6 is 11.9 Å². The molecule has 0 aliphatic carbocycles. The average molecular weight is 449 g/mol. The first-order valence-corrected chi connectivity index (χ1v) is 12.0. The fraction of sp³-hybridized carbons (Fsp3) is 0.560. The first-order chi connectivity index (χ1) is 14.7. The van der Waals surface area contributed by atoms with E-state index in [1.165, 1.54) is 11.1 Å². The van der Waals surface area contributed by atoms with Crippen molar-refractivity contribution in [1.82, 2.24) is 4.72 Å². The highest BCUT2D eigenvalue weighted by atomic mass is 32.2. The molecule has 5 nitrogen and oxygen atoms in total. The lowest BCUT2D eigenvalue weighted by Gasteiger charge is -2.17. The molecule has 0 heterocycles. The maximum absolute atomic E-state index is 12.2. The molecule has 0 fully saturated rings. The third-order valence-electron chi connectivity index (χ3n) is 5.26. The van der Waals surface area contributed by atoms with Crippen molar-refractivity contribution < 1.29 is 15.0 Å². The summed E-state index contributed by atoms with van der Waals surface area (Å²) in [5.74, 6) is -0.328. The Kier molecular flexibility index (Phi) is 12.4. The van der Waals surface area contributed by atoms with Crippen LogP contribution in [0.1, 0.15) is 77.8 Å². The molecule has 0 radical (unpaired) electrons. The first kappa shape index (κ1) is 27.1. The van der Waals surface area contributed by atoms with Crippen molar-refractivity contribution in [2.45, 2.75) is 84.5 Å². The molecular weight excluding hydrogens is 408 g/mol. The van der Waals surface area contributed by atoms with Crippen LogP contribution in [0.15, 0.2) is 34.3 Å². The van der Waals surface area contributed by atoms with Crippen LogP contribution in [0.5, 0.6) is 11.5 Å². The van der Waals surface area contributed by atoms with Crippen LogP contribution in [0.4, 0.5) is 0 Å². The van der Waals surface area contributed by atoms with Gasteiger partial charge in [-0.1, -0.05) is 50.0 Å². The number of hydrogen-bond acceptors (Lipinski definition) is 5. The summed E-state index contributed by atoms with van der Waals surface area (Å²) in [6.45, 7) is 10.4. The molecule has 0 aliphatic rings. The molecule has 0 aromatic heterocycles. The number of amides is 1. The Bertz CT molecular complexity index is 783. The number of unbranched alkanes of at least 4 members (excludes halogenated alkanes) is 2. The van der Waals surface area contributed by atoms with Crippen LogP contribution in [-0.4, -0.2) is 22.7 Å². The SMILES string of the molecule is CCCCCc1cc(O)c(C/C=C(\C)CCC=C(C)C)c(O)c1SNC(=O)C(C)CN. The minimum Gasteiger partial charge on any atom is -0.508 e. The van der Waals surface area contributed by atoms with Crippen molar-refractivity contribution in [2.24, 2.45) is 11.7 Å². The lowest BCUT2D eigenvalue weighted by Crippen LogP contribution is -2.29. The second kappa shape index (κ2) is 14.2. The van der Waals surface area contributed by atoms with Crippen LogP contribution in [0.2, 0.25) is 0 Å². The fourth-order valence-corrected chi connectivity index (χ4v) is 3.99. The van der Waals surface area contributed by atoms with Gasteiger partial charge in [-0.15, -0.1) is 0 Å². The van der Waals surface area contributed by atoms with E-state index in [1.807, 2.05) is 6.08 Å². The zero-order valence-electron chi connectivity index (χ0n) is 19.8. The molecule has 5 N–H and O–H groups in total. The van der Waals surface area contributed by atoms with Crippen molar-refractivity contribution in [3.8, 4) is 11.5 Å². The van der Waals surface area contributed by atoms with E-state index in [4.69, 9.17) is 5.73 Å². The summed E-state index contributed by atoms with van der Waals surface area (Å²) >= 11 is 1.11. The topological polar surface area (TPSA) is 95.6 Å². The smallest absolute Gasteiger partial charge is 0.234 e. The number of benzene rings is 1. The van der Waals surface area contributed by atoms with Crippen molar-refractivity contribution in [1.29, 1.82) is 0 Å². The largest absolute Gasteiger partial charge is 0.508 e. The van der Waals surface area contributed by atoms with Crippen LogP contribution in [0, 0.1) is 5.92 Å². The Balaban J connectivity index is 3.10.